The van der Waals surface area contributed by atoms with Gasteiger partial charge in [-0.1, -0.05) is 29.3 Å². The maximum absolute atomic E-state index is 10.1. The number of aliphatic hydroxyl groups is 1. The maximum Gasteiger partial charge on any atom is 0.130 e. The zero-order valence-electron chi connectivity index (χ0n) is 8.59. The Labute approximate surface area is 97.7 Å². The molecule has 0 atom stereocenters. The first-order chi connectivity index (χ1) is 7.22. The average molecular weight is 269 g/mol. The van der Waals surface area contributed by atoms with Crippen LogP contribution in [-0.4, -0.2) is 11.7 Å². The molecule has 2 rings (SSSR count). The van der Waals surface area contributed by atoms with Crippen molar-refractivity contribution in [1.82, 2.24) is 0 Å². The van der Waals surface area contributed by atoms with E-state index in [0.717, 1.165) is 34.2 Å². The van der Waals surface area contributed by atoms with Crippen molar-refractivity contribution in [3.05, 3.63) is 33.8 Å². The predicted octanol–water partition coefficient (Wildman–Crippen LogP) is 3.91. The third kappa shape index (κ3) is 2.02. The van der Waals surface area contributed by atoms with E-state index in [1.54, 1.807) is 0 Å². The second-order valence-electron chi connectivity index (χ2n) is 3.63. The molecule has 0 amide bonds. The molecule has 0 aromatic heterocycles. The number of benzene rings is 1. The summed E-state index contributed by atoms with van der Waals surface area (Å²) in [5.74, 6) is 1.15. The van der Waals surface area contributed by atoms with Gasteiger partial charge in [0.15, 0.2) is 0 Å². The van der Waals surface area contributed by atoms with Crippen LogP contribution in [0.25, 0.3) is 5.76 Å². The van der Waals surface area contributed by atoms with Crippen molar-refractivity contribution < 1.29 is 9.84 Å². The number of rotatable bonds is 2. The van der Waals surface area contributed by atoms with Gasteiger partial charge in [-0.3, -0.25) is 0 Å². The van der Waals surface area contributed by atoms with Crippen molar-refractivity contribution in [2.45, 2.75) is 19.8 Å². The fourth-order valence-corrected chi connectivity index (χ4v) is 2.09. The third-order valence-electron chi connectivity index (χ3n) is 2.49. The summed E-state index contributed by atoms with van der Waals surface area (Å²) in [5.41, 5.74) is 1.78. The van der Waals surface area contributed by atoms with E-state index >= 15 is 0 Å². The highest BCUT2D eigenvalue weighted by molar-refractivity contribution is 9.10. The molecule has 0 spiro atoms. The number of hydrogen-bond donors (Lipinski definition) is 1. The lowest BCUT2D eigenvalue weighted by atomic mass is 10.0. The van der Waals surface area contributed by atoms with Crippen LogP contribution in [0.4, 0.5) is 0 Å². The minimum absolute atomic E-state index is 0.388. The van der Waals surface area contributed by atoms with Crippen molar-refractivity contribution in [1.29, 1.82) is 0 Å². The summed E-state index contributed by atoms with van der Waals surface area (Å²) >= 11 is 3.39. The van der Waals surface area contributed by atoms with Crippen molar-refractivity contribution in [2.75, 3.05) is 6.61 Å². The lowest BCUT2D eigenvalue weighted by Gasteiger charge is -2.20. The van der Waals surface area contributed by atoms with Crippen LogP contribution >= 0.6 is 15.9 Å². The molecule has 0 fully saturated rings. The van der Waals surface area contributed by atoms with Gasteiger partial charge in [-0.15, -0.1) is 0 Å². The Morgan fingerprint density at radius 2 is 2.27 bits per heavy atom. The van der Waals surface area contributed by atoms with Gasteiger partial charge in [0.25, 0.3) is 0 Å². The van der Waals surface area contributed by atoms with E-state index in [1.807, 2.05) is 18.2 Å². The van der Waals surface area contributed by atoms with Crippen LogP contribution in [0.5, 0.6) is 5.75 Å². The number of aliphatic hydroxyl groups excluding tert-OH is 1. The molecule has 0 aliphatic carbocycles. The molecule has 1 aliphatic heterocycles. The topological polar surface area (TPSA) is 29.5 Å². The SMILES string of the molecule is CCCC1=C(O)c2cc(Br)ccc2OC1. The van der Waals surface area contributed by atoms with Crippen LogP contribution in [0.1, 0.15) is 25.3 Å². The van der Waals surface area contributed by atoms with Gasteiger partial charge < -0.3 is 9.84 Å². The lowest BCUT2D eigenvalue weighted by Crippen LogP contribution is -2.11. The summed E-state index contributed by atoms with van der Waals surface area (Å²) in [4.78, 5) is 0. The molecule has 15 heavy (non-hydrogen) atoms. The Kier molecular flexibility index (Phi) is 3.00. The first-order valence-corrected chi connectivity index (χ1v) is 5.85. The van der Waals surface area contributed by atoms with Crippen molar-refractivity contribution >= 4 is 21.7 Å². The molecule has 1 heterocycles. The third-order valence-corrected chi connectivity index (χ3v) is 2.98. The molecule has 80 valence electrons. The van der Waals surface area contributed by atoms with E-state index in [0.29, 0.717) is 12.4 Å². The van der Waals surface area contributed by atoms with Gasteiger partial charge in [0.05, 0.1) is 5.56 Å². The summed E-state index contributed by atoms with van der Waals surface area (Å²) < 4.78 is 6.53. The molecule has 0 saturated carbocycles. The van der Waals surface area contributed by atoms with Crippen LogP contribution in [0, 0.1) is 0 Å². The molecule has 0 unspecified atom stereocenters. The first kappa shape index (κ1) is 10.6. The summed E-state index contributed by atoms with van der Waals surface area (Å²) in [5, 5.41) is 10.1. The molecule has 0 saturated heterocycles. The van der Waals surface area contributed by atoms with Gasteiger partial charge in [-0.2, -0.15) is 0 Å². The Hall–Kier alpha value is -0.960. The molecule has 3 heteroatoms. The molecular formula is C12H13BrO2. The smallest absolute Gasteiger partial charge is 0.130 e. The van der Waals surface area contributed by atoms with E-state index in [2.05, 4.69) is 22.9 Å². The maximum atomic E-state index is 10.1. The number of fused-ring (bicyclic) bond motifs is 1. The van der Waals surface area contributed by atoms with Crippen molar-refractivity contribution in [3.8, 4) is 5.75 Å². The van der Waals surface area contributed by atoms with Gasteiger partial charge in [-0.25, -0.2) is 0 Å². The van der Waals surface area contributed by atoms with Gasteiger partial charge in [0.2, 0.25) is 0 Å². The zero-order valence-corrected chi connectivity index (χ0v) is 10.2. The molecule has 1 aromatic carbocycles. The Morgan fingerprint density at radius 1 is 1.47 bits per heavy atom. The summed E-state index contributed by atoms with van der Waals surface area (Å²) in [6.07, 6.45) is 1.91. The highest BCUT2D eigenvalue weighted by Crippen LogP contribution is 2.34. The lowest BCUT2D eigenvalue weighted by molar-refractivity contribution is 0.327. The molecular weight excluding hydrogens is 256 g/mol. The van der Waals surface area contributed by atoms with E-state index in [1.165, 1.54) is 0 Å². The van der Waals surface area contributed by atoms with Gasteiger partial charge >= 0.3 is 0 Å². The first-order valence-electron chi connectivity index (χ1n) is 5.06. The number of hydrogen-bond acceptors (Lipinski definition) is 2. The van der Waals surface area contributed by atoms with Crippen LogP contribution < -0.4 is 4.74 Å². The van der Waals surface area contributed by atoms with Crippen molar-refractivity contribution in [3.63, 3.8) is 0 Å². The fraction of sp³-hybridized carbons (Fsp3) is 0.333. The summed E-state index contributed by atoms with van der Waals surface area (Å²) in [6, 6.07) is 5.68. The van der Waals surface area contributed by atoms with Gasteiger partial charge in [-0.05, 0) is 24.6 Å². The second-order valence-corrected chi connectivity index (χ2v) is 4.55. The normalized spacial score (nSPS) is 14.8. The van der Waals surface area contributed by atoms with E-state index in [-0.39, 0.29) is 0 Å². The fourth-order valence-electron chi connectivity index (χ4n) is 1.73. The minimum Gasteiger partial charge on any atom is -0.507 e. The van der Waals surface area contributed by atoms with E-state index in [4.69, 9.17) is 4.74 Å². The predicted molar refractivity (Wildman–Crippen MR) is 64.1 cm³/mol. The van der Waals surface area contributed by atoms with E-state index < -0.39 is 0 Å². The van der Waals surface area contributed by atoms with Crippen molar-refractivity contribution in [2.24, 2.45) is 0 Å². The Balaban J connectivity index is 2.45. The van der Waals surface area contributed by atoms with Gasteiger partial charge in [0.1, 0.15) is 18.1 Å². The zero-order chi connectivity index (χ0) is 10.8. The molecule has 1 aromatic rings. The van der Waals surface area contributed by atoms with Crippen LogP contribution in [0.15, 0.2) is 28.2 Å². The molecule has 0 radical (unpaired) electrons. The quantitative estimate of drug-likeness (QED) is 0.882. The van der Waals surface area contributed by atoms with E-state index in [9.17, 15) is 5.11 Å². The van der Waals surface area contributed by atoms with Crippen LogP contribution in [0.2, 0.25) is 0 Å². The number of ether oxygens (including phenoxy) is 1. The van der Waals surface area contributed by atoms with Crippen LogP contribution in [0.3, 0.4) is 0 Å². The largest absolute Gasteiger partial charge is 0.507 e. The molecule has 1 aliphatic rings. The molecule has 0 bridgehead atoms. The average Bonchev–Trinajstić information content (AvgIpc) is 2.23. The standard InChI is InChI=1S/C12H13BrO2/c1-2-3-8-7-15-11-5-4-9(13)6-10(11)12(8)14/h4-6,14H,2-3,7H2,1H3. The number of halogens is 1. The minimum atomic E-state index is 0.388. The molecule has 1 N–H and O–H groups in total. The Bertz CT molecular complexity index is 410. The monoisotopic (exact) mass is 268 g/mol. The molecule has 2 nitrogen and oxygen atoms in total. The second kappa shape index (κ2) is 4.27. The summed E-state index contributed by atoms with van der Waals surface area (Å²) in [6.45, 7) is 2.60. The highest BCUT2D eigenvalue weighted by atomic mass is 79.9. The highest BCUT2D eigenvalue weighted by Gasteiger charge is 2.18. The summed E-state index contributed by atoms with van der Waals surface area (Å²) in [7, 11) is 0. The van der Waals surface area contributed by atoms with Gasteiger partial charge in [0, 0.05) is 10.0 Å². The van der Waals surface area contributed by atoms with Crippen LogP contribution in [-0.2, 0) is 0 Å². The Morgan fingerprint density at radius 3 is 3.00 bits per heavy atom.